The van der Waals surface area contributed by atoms with E-state index in [2.05, 4.69) is 10.1 Å². The first kappa shape index (κ1) is 13.9. The van der Waals surface area contributed by atoms with Gasteiger partial charge < -0.3 is 0 Å². The highest BCUT2D eigenvalue weighted by Crippen LogP contribution is 2.29. The quantitative estimate of drug-likeness (QED) is 0.549. The zero-order valence-electron chi connectivity index (χ0n) is 11.6. The molecule has 0 aliphatic rings. The van der Waals surface area contributed by atoms with Crippen LogP contribution in [0.15, 0.2) is 48.7 Å². The van der Waals surface area contributed by atoms with Crippen LogP contribution in [0.4, 0.5) is 10.1 Å². The highest BCUT2D eigenvalue weighted by atomic mass is 19.1. The maximum atomic E-state index is 13.0. The molecule has 0 aliphatic carbocycles. The fourth-order valence-electron chi connectivity index (χ4n) is 2.11. The number of nitrogens with zero attached hydrogens (tertiary/aromatic N) is 4. The van der Waals surface area contributed by atoms with Gasteiger partial charge in [0, 0.05) is 24.9 Å². The minimum atomic E-state index is -0.495. The molecule has 2 aromatic heterocycles. The van der Waals surface area contributed by atoms with Crippen LogP contribution in [-0.2, 0) is 7.05 Å². The third-order valence-corrected chi connectivity index (χ3v) is 3.17. The second-order valence-electron chi connectivity index (χ2n) is 4.70. The molecule has 0 fully saturated rings. The van der Waals surface area contributed by atoms with E-state index in [-0.39, 0.29) is 17.2 Å². The number of halogens is 1. The van der Waals surface area contributed by atoms with Crippen molar-refractivity contribution in [2.75, 3.05) is 0 Å². The van der Waals surface area contributed by atoms with Crippen LogP contribution in [0.5, 0.6) is 0 Å². The average molecular weight is 298 g/mol. The first-order valence-corrected chi connectivity index (χ1v) is 6.46. The second-order valence-corrected chi connectivity index (χ2v) is 4.70. The van der Waals surface area contributed by atoms with Crippen LogP contribution in [-0.4, -0.2) is 19.7 Å². The molecule has 0 unspecified atom stereocenters. The van der Waals surface area contributed by atoms with Gasteiger partial charge in [0.25, 0.3) is 5.69 Å². The number of nitro groups is 1. The number of aryl methyl sites for hydroxylation is 1. The summed E-state index contributed by atoms with van der Waals surface area (Å²) in [5.41, 5.74) is 1.68. The largest absolute Gasteiger partial charge is 0.297 e. The van der Waals surface area contributed by atoms with Crippen molar-refractivity contribution in [2.24, 2.45) is 7.05 Å². The Morgan fingerprint density at radius 3 is 2.41 bits per heavy atom. The van der Waals surface area contributed by atoms with E-state index in [1.165, 1.54) is 24.3 Å². The molecule has 0 bridgehead atoms. The Balaban J connectivity index is 2.15. The molecule has 0 amide bonds. The molecule has 0 radical (unpaired) electrons. The van der Waals surface area contributed by atoms with Gasteiger partial charge in [0.2, 0.25) is 0 Å². The fraction of sp³-hybridized carbons (Fsp3) is 0.0667. The first-order chi connectivity index (χ1) is 10.5. The van der Waals surface area contributed by atoms with Gasteiger partial charge >= 0.3 is 0 Å². The topological polar surface area (TPSA) is 73.8 Å². The molecular weight excluding hydrogens is 287 g/mol. The lowest BCUT2D eigenvalue weighted by Crippen LogP contribution is -1.98. The molecule has 0 saturated carbocycles. The van der Waals surface area contributed by atoms with E-state index in [1.807, 2.05) is 0 Å². The lowest BCUT2D eigenvalue weighted by atomic mass is 10.1. The fourth-order valence-corrected chi connectivity index (χ4v) is 2.11. The van der Waals surface area contributed by atoms with Crippen molar-refractivity contribution in [1.29, 1.82) is 0 Å². The van der Waals surface area contributed by atoms with Gasteiger partial charge in [-0.3, -0.25) is 14.8 Å². The van der Waals surface area contributed by atoms with Gasteiger partial charge in [-0.2, -0.15) is 5.10 Å². The lowest BCUT2D eigenvalue weighted by molar-refractivity contribution is -0.384. The number of pyridine rings is 1. The predicted octanol–water partition coefficient (Wildman–Crippen LogP) is 3.20. The summed E-state index contributed by atoms with van der Waals surface area (Å²) in [5.74, 6) is -0.351. The first-order valence-electron chi connectivity index (χ1n) is 6.46. The molecule has 110 valence electrons. The molecular formula is C15H11FN4O2. The average Bonchev–Trinajstić information content (AvgIpc) is 2.94. The monoisotopic (exact) mass is 298 g/mol. The number of hydrogen-bond acceptors (Lipinski definition) is 4. The third-order valence-electron chi connectivity index (χ3n) is 3.17. The van der Waals surface area contributed by atoms with E-state index in [0.717, 1.165) is 0 Å². The number of benzene rings is 1. The Labute approximate surface area is 125 Å². The summed E-state index contributed by atoms with van der Waals surface area (Å²) in [6.07, 6.45) is 1.69. The Morgan fingerprint density at radius 1 is 1.09 bits per heavy atom. The highest BCUT2D eigenvalue weighted by Gasteiger charge is 2.20. The van der Waals surface area contributed by atoms with Crippen LogP contribution in [0, 0.1) is 15.9 Å². The molecule has 0 N–H and O–H groups in total. The zero-order valence-corrected chi connectivity index (χ0v) is 11.6. The summed E-state index contributed by atoms with van der Waals surface area (Å²) in [5, 5.41) is 15.3. The molecule has 3 aromatic rings. The molecule has 0 saturated heterocycles. The molecule has 6 nitrogen and oxygen atoms in total. The predicted molar refractivity (Wildman–Crippen MR) is 78.5 cm³/mol. The lowest BCUT2D eigenvalue weighted by Gasteiger charge is -2.04. The van der Waals surface area contributed by atoms with Crippen LogP contribution < -0.4 is 0 Å². The van der Waals surface area contributed by atoms with Crippen LogP contribution >= 0.6 is 0 Å². The molecule has 2 heterocycles. The maximum absolute atomic E-state index is 13.0. The number of hydrogen-bond donors (Lipinski definition) is 0. The third kappa shape index (κ3) is 2.56. The van der Waals surface area contributed by atoms with Crippen LogP contribution in [0.25, 0.3) is 22.6 Å². The standard InChI is InChI=1S/C15H11FN4O2/c1-19-9-8-13(18-19)15-14(20(21)22)7-6-12(17-15)10-2-4-11(16)5-3-10/h2-9H,1H3. The van der Waals surface area contributed by atoms with E-state index in [4.69, 9.17) is 0 Å². The van der Waals surface area contributed by atoms with E-state index in [0.29, 0.717) is 17.0 Å². The van der Waals surface area contributed by atoms with E-state index < -0.39 is 4.92 Å². The van der Waals surface area contributed by atoms with Gasteiger partial charge in [0.05, 0.1) is 10.6 Å². The summed E-state index contributed by atoms with van der Waals surface area (Å²) in [6, 6.07) is 10.4. The van der Waals surface area contributed by atoms with Crippen molar-refractivity contribution in [3.63, 3.8) is 0 Å². The smallest absolute Gasteiger partial charge is 0.275 e. The Hall–Kier alpha value is -3.09. The van der Waals surface area contributed by atoms with Crippen LogP contribution in [0.2, 0.25) is 0 Å². The van der Waals surface area contributed by atoms with Gasteiger partial charge in [0.15, 0.2) is 5.69 Å². The maximum Gasteiger partial charge on any atom is 0.297 e. The van der Waals surface area contributed by atoms with Gasteiger partial charge in [-0.1, -0.05) is 0 Å². The number of aromatic nitrogens is 3. The molecule has 3 rings (SSSR count). The van der Waals surface area contributed by atoms with Gasteiger partial charge in [-0.05, 0) is 36.4 Å². The summed E-state index contributed by atoms with van der Waals surface area (Å²) in [4.78, 5) is 15.0. The van der Waals surface area contributed by atoms with Crippen molar-refractivity contribution in [1.82, 2.24) is 14.8 Å². The Morgan fingerprint density at radius 2 is 1.82 bits per heavy atom. The second kappa shape index (κ2) is 5.36. The van der Waals surface area contributed by atoms with Gasteiger partial charge in [0.1, 0.15) is 11.5 Å². The Kier molecular flexibility index (Phi) is 3.38. The molecule has 0 spiro atoms. The molecule has 22 heavy (non-hydrogen) atoms. The van der Waals surface area contributed by atoms with E-state index in [1.54, 1.807) is 36.1 Å². The summed E-state index contributed by atoms with van der Waals surface area (Å²) >= 11 is 0. The van der Waals surface area contributed by atoms with Crippen LogP contribution in [0.1, 0.15) is 0 Å². The van der Waals surface area contributed by atoms with Crippen molar-refractivity contribution in [3.8, 4) is 22.6 Å². The molecule has 1 aromatic carbocycles. The highest BCUT2D eigenvalue weighted by molar-refractivity contribution is 5.71. The molecule has 0 atom stereocenters. The minimum absolute atomic E-state index is 0.121. The summed E-state index contributed by atoms with van der Waals surface area (Å²) < 4.78 is 14.5. The SMILES string of the molecule is Cn1ccc(-c2nc(-c3ccc(F)cc3)ccc2[N+](=O)[O-])n1. The van der Waals surface area contributed by atoms with Crippen molar-refractivity contribution in [2.45, 2.75) is 0 Å². The number of rotatable bonds is 3. The summed E-state index contributed by atoms with van der Waals surface area (Å²) in [7, 11) is 1.72. The minimum Gasteiger partial charge on any atom is -0.275 e. The van der Waals surface area contributed by atoms with Crippen molar-refractivity contribution >= 4 is 5.69 Å². The van der Waals surface area contributed by atoms with Crippen molar-refractivity contribution < 1.29 is 9.31 Å². The van der Waals surface area contributed by atoms with Gasteiger partial charge in [-0.25, -0.2) is 9.37 Å². The summed E-state index contributed by atoms with van der Waals surface area (Å²) in [6.45, 7) is 0. The van der Waals surface area contributed by atoms with Crippen LogP contribution in [0.3, 0.4) is 0 Å². The van der Waals surface area contributed by atoms with Gasteiger partial charge in [-0.15, -0.1) is 0 Å². The zero-order chi connectivity index (χ0) is 15.7. The van der Waals surface area contributed by atoms with Crippen molar-refractivity contribution in [3.05, 3.63) is 64.6 Å². The normalized spacial score (nSPS) is 10.6. The van der Waals surface area contributed by atoms with E-state index in [9.17, 15) is 14.5 Å². The molecule has 0 aliphatic heterocycles. The van der Waals surface area contributed by atoms with E-state index >= 15 is 0 Å². The Bertz CT molecular complexity index is 843. The molecule has 7 heteroatoms.